The molecule has 0 fully saturated rings. The fourth-order valence-corrected chi connectivity index (χ4v) is 3.50. The Hall–Kier alpha value is -1.11. The molecule has 1 rings (SSSR count). The molecule has 0 atom stereocenters. The summed E-state index contributed by atoms with van der Waals surface area (Å²) < 4.78 is 31.7. The second-order valence-corrected chi connectivity index (χ2v) is 6.12. The van der Waals surface area contributed by atoms with Gasteiger partial charge in [-0.3, -0.25) is 0 Å². The van der Waals surface area contributed by atoms with Gasteiger partial charge in [-0.05, 0) is 37.6 Å². The maximum atomic E-state index is 12.5. The van der Waals surface area contributed by atoms with Crippen molar-refractivity contribution in [3.05, 3.63) is 23.8 Å². The molecule has 0 radical (unpaired) electrons. The minimum Gasteiger partial charge on any atom is -0.399 e. The molecule has 0 saturated carbocycles. The van der Waals surface area contributed by atoms with E-state index in [4.69, 9.17) is 10.5 Å². The second-order valence-electron chi connectivity index (χ2n) is 4.22. The molecule has 0 spiro atoms. The highest BCUT2D eigenvalue weighted by atomic mass is 32.2. The van der Waals surface area contributed by atoms with Crippen LogP contribution in [0.3, 0.4) is 0 Å². The van der Waals surface area contributed by atoms with Gasteiger partial charge in [0.25, 0.3) is 0 Å². The Morgan fingerprint density at radius 2 is 2.00 bits per heavy atom. The Balaban J connectivity index is 2.99. The first-order valence-electron chi connectivity index (χ1n) is 6.37. The number of hydrogen-bond acceptors (Lipinski definition) is 4. The first kappa shape index (κ1) is 15.9. The number of sulfonamides is 1. The zero-order chi connectivity index (χ0) is 14.5. The summed E-state index contributed by atoms with van der Waals surface area (Å²) in [5.41, 5.74) is 6.87. The van der Waals surface area contributed by atoms with Crippen molar-refractivity contribution in [3.8, 4) is 0 Å². The number of nitrogens with two attached hydrogens (primary N) is 1. The van der Waals surface area contributed by atoms with Crippen LogP contribution in [0.4, 0.5) is 5.69 Å². The zero-order valence-corrected chi connectivity index (χ0v) is 12.5. The normalized spacial score (nSPS) is 12.0. The summed E-state index contributed by atoms with van der Waals surface area (Å²) in [5, 5.41) is 0. The number of likely N-dealkylation sites (N-methyl/N-ethyl adjacent to an activating group) is 1. The molecule has 0 aliphatic rings. The van der Waals surface area contributed by atoms with Gasteiger partial charge in [-0.15, -0.1) is 0 Å². The molecule has 108 valence electrons. The second kappa shape index (κ2) is 6.88. The van der Waals surface area contributed by atoms with Gasteiger partial charge in [0.2, 0.25) is 10.0 Å². The van der Waals surface area contributed by atoms with Gasteiger partial charge in [0.05, 0.1) is 11.5 Å². The molecule has 2 N–H and O–H groups in total. The predicted molar refractivity (Wildman–Crippen MR) is 76.5 cm³/mol. The highest BCUT2D eigenvalue weighted by molar-refractivity contribution is 7.89. The van der Waals surface area contributed by atoms with Crippen LogP contribution in [0, 0.1) is 6.92 Å². The molecule has 0 aliphatic heterocycles. The first-order valence-corrected chi connectivity index (χ1v) is 7.81. The van der Waals surface area contributed by atoms with Crippen molar-refractivity contribution in [1.29, 1.82) is 0 Å². The average molecular weight is 286 g/mol. The van der Waals surface area contributed by atoms with Crippen molar-refractivity contribution in [1.82, 2.24) is 4.31 Å². The number of ether oxygens (including phenoxy) is 1. The zero-order valence-electron chi connectivity index (χ0n) is 11.7. The van der Waals surface area contributed by atoms with E-state index in [0.29, 0.717) is 42.4 Å². The van der Waals surface area contributed by atoms with Crippen molar-refractivity contribution in [3.63, 3.8) is 0 Å². The lowest BCUT2D eigenvalue weighted by atomic mass is 10.2. The van der Waals surface area contributed by atoms with Gasteiger partial charge in [-0.25, -0.2) is 8.42 Å². The maximum Gasteiger partial charge on any atom is 0.243 e. The molecule has 1 aromatic carbocycles. The Kier molecular flexibility index (Phi) is 5.78. The third kappa shape index (κ3) is 3.92. The Morgan fingerprint density at radius 1 is 1.32 bits per heavy atom. The largest absolute Gasteiger partial charge is 0.399 e. The van der Waals surface area contributed by atoms with Crippen molar-refractivity contribution in [2.24, 2.45) is 0 Å². The number of rotatable bonds is 7. The minimum atomic E-state index is -3.48. The molecule has 0 saturated heterocycles. The van der Waals surface area contributed by atoms with Gasteiger partial charge >= 0.3 is 0 Å². The topological polar surface area (TPSA) is 72.6 Å². The van der Waals surface area contributed by atoms with Gasteiger partial charge in [0.15, 0.2) is 0 Å². The molecule has 5 nitrogen and oxygen atoms in total. The van der Waals surface area contributed by atoms with E-state index >= 15 is 0 Å². The maximum absolute atomic E-state index is 12.5. The quantitative estimate of drug-likeness (QED) is 0.611. The lowest BCUT2D eigenvalue weighted by Gasteiger charge is -2.21. The number of anilines is 1. The number of hydrogen-bond donors (Lipinski definition) is 1. The molecule has 0 unspecified atom stereocenters. The molecule has 0 bridgehead atoms. The first-order chi connectivity index (χ1) is 8.93. The SMILES string of the molecule is CCOCCN(CC)S(=O)(=O)c1ccc(N)cc1C. The van der Waals surface area contributed by atoms with Crippen LogP contribution in [-0.2, 0) is 14.8 Å². The molecular weight excluding hydrogens is 264 g/mol. The number of nitrogens with zero attached hydrogens (tertiary/aromatic N) is 1. The van der Waals surface area contributed by atoms with Crippen molar-refractivity contribution < 1.29 is 13.2 Å². The smallest absolute Gasteiger partial charge is 0.243 e. The highest BCUT2D eigenvalue weighted by Crippen LogP contribution is 2.21. The standard InChI is InChI=1S/C13H22N2O3S/c1-4-15(8-9-18-5-2)19(16,17)13-7-6-12(14)10-11(13)3/h6-7,10H,4-5,8-9,14H2,1-3H3. The summed E-state index contributed by atoms with van der Waals surface area (Å²) in [5.74, 6) is 0. The lowest BCUT2D eigenvalue weighted by Crippen LogP contribution is -2.34. The van der Waals surface area contributed by atoms with E-state index in [1.165, 1.54) is 4.31 Å². The molecule has 6 heteroatoms. The molecular formula is C13H22N2O3S. The molecule has 0 heterocycles. The minimum absolute atomic E-state index is 0.306. The molecule has 0 amide bonds. The highest BCUT2D eigenvalue weighted by Gasteiger charge is 2.24. The number of nitrogen functional groups attached to an aromatic ring is 1. The number of aryl methyl sites for hydroxylation is 1. The summed E-state index contributed by atoms with van der Waals surface area (Å²) in [7, 11) is -3.48. The lowest BCUT2D eigenvalue weighted by molar-refractivity contribution is 0.135. The molecule has 1 aromatic rings. The summed E-state index contributed by atoms with van der Waals surface area (Å²) in [4.78, 5) is 0.306. The Bertz CT molecular complexity index is 515. The van der Waals surface area contributed by atoms with Crippen LogP contribution in [0.1, 0.15) is 19.4 Å². The third-order valence-electron chi connectivity index (χ3n) is 2.86. The van der Waals surface area contributed by atoms with Crippen molar-refractivity contribution >= 4 is 15.7 Å². The van der Waals surface area contributed by atoms with E-state index in [-0.39, 0.29) is 0 Å². The van der Waals surface area contributed by atoms with Crippen LogP contribution >= 0.6 is 0 Å². The van der Waals surface area contributed by atoms with Crippen LogP contribution in [-0.4, -0.2) is 39.0 Å². The van der Waals surface area contributed by atoms with Crippen LogP contribution in [0.25, 0.3) is 0 Å². The van der Waals surface area contributed by atoms with Gasteiger partial charge in [-0.2, -0.15) is 4.31 Å². The summed E-state index contributed by atoms with van der Waals surface area (Å²) >= 11 is 0. The Labute approximate surface area is 115 Å². The molecule has 19 heavy (non-hydrogen) atoms. The van der Waals surface area contributed by atoms with Crippen LogP contribution in [0.15, 0.2) is 23.1 Å². The van der Waals surface area contributed by atoms with Crippen LogP contribution < -0.4 is 5.73 Å². The van der Waals surface area contributed by atoms with E-state index in [1.54, 1.807) is 25.1 Å². The van der Waals surface area contributed by atoms with Gasteiger partial charge < -0.3 is 10.5 Å². The van der Waals surface area contributed by atoms with E-state index in [2.05, 4.69) is 0 Å². The van der Waals surface area contributed by atoms with E-state index in [0.717, 1.165) is 0 Å². The van der Waals surface area contributed by atoms with E-state index in [9.17, 15) is 8.42 Å². The van der Waals surface area contributed by atoms with Crippen molar-refractivity contribution in [2.75, 3.05) is 32.0 Å². The number of benzene rings is 1. The monoisotopic (exact) mass is 286 g/mol. The Morgan fingerprint density at radius 3 is 2.53 bits per heavy atom. The third-order valence-corrected chi connectivity index (χ3v) is 4.99. The fourth-order valence-electron chi connectivity index (χ4n) is 1.86. The average Bonchev–Trinajstić information content (AvgIpc) is 2.33. The fraction of sp³-hybridized carbons (Fsp3) is 0.538. The molecule has 0 aromatic heterocycles. The van der Waals surface area contributed by atoms with E-state index < -0.39 is 10.0 Å². The van der Waals surface area contributed by atoms with Crippen LogP contribution in [0.2, 0.25) is 0 Å². The van der Waals surface area contributed by atoms with Gasteiger partial charge in [0.1, 0.15) is 0 Å². The predicted octanol–water partition coefficient (Wildman–Crippen LogP) is 1.62. The van der Waals surface area contributed by atoms with E-state index in [1.807, 2.05) is 13.8 Å². The van der Waals surface area contributed by atoms with Crippen LogP contribution in [0.5, 0.6) is 0 Å². The summed E-state index contributed by atoms with van der Waals surface area (Å²) in [6, 6.07) is 4.84. The molecule has 0 aliphatic carbocycles. The van der Waals surface area contributed by atoms with Gasteiger partial charge in [0, 0.05) is 25.4 Å². The van der Waals surface area contributed by atoms with Gasteiger partial charge in [-0.1, -0.05) is 6.92 Å². The summed E-state index contributed by atoms with van der Waals surface area (Å²) in [6.45, 7) is 7.20. The summed E-state index contributed by atoms with van der Waals surface area (Å²) in [6.07, 6.45) is 0. The van der Waals surface area contributed by atoms with Crippen molar-refractivity contribution in [2.45, 2.75) is 25.7 Å².